The van der Waals surface area contributed by atoms with E-state index in [1.165, 1.54) is 4.31 Å². The van der Waals surface area contributed by atoms with Crippen molar-refractivity contribution >= 4 is 33.2 Å². The van der Waals surface area contributed by atoms with Gasteiger partial charge in [0.1, 0.15) is 6.04 Å². The molecule has 1 fully saturated rings. The Kier molecular flexibility index (Phi) is 7.02. The Labute approximate surface area is 199 Å². The van der Waals surface area contributed by atoms with Crippen molar-refractivity contribution in [1.29, 1.82) is 0 Å². The van der Waals surface area contributed by atoms with Crippen molar-refractivity contribution in [2.45, 2.75) is 25.9 Å². The summed E-state index contributed by atoms with van der Waals surface area (Å²) >= 11 is 6.09. The quantitative estimate of drug-likeness (QED) is 0.590. The third-order valence-corrected chi connectivity index (χ3v) is 7.32. The van der Waals surface area contributed by atoms with Crippen LogP contribution in [0.1, 0.15) is 18.9 Å². The summed E-state index contributed by atoms with van der Waals surface area (Å²) in [6.45, 7) is 5.28. The maximum Gasteiger partial charge on any atom is 0.246 e. The molecular weight excluding hydrogens is 466 g/mol. The maximum absolute atomic E-state index is 13.4. The second-order valence-electron chi connectivity index (χ2n) is 8.25. The van der Waals surface area contributed by atoms with Crippen LogP contribution in [0.15, 0.2) is 42.5 Å². The van der Waals surface area contributed by atoms with Crippen LogP contribution >= 0.6 is 11.6 Å². The first-order valence-electron chi connectivity index (χ1n) is 10.9. The molecule has 0 N–H and O–H groups in total. The maximum atomic E-state index is 13.4. The zero-order valence-electron chi connectivity index (χ0n) is 18.7. The van der Waals surface area contributed by atoms with E-state index in [-0.39, 0.29) is 12.7 Å². The number of fused-ring (bicyclic) bond motifs is 1. The summed E-state index contributed by atoms with van der Waals surface area (Å²) in [6, 6.07) is 11.7. The van der Waals surface area contributed by atoms with Crippen molar-refractivity contribution in [2.75, 3.05) is 43.5 Å². The van der Waals surface area contributed by atoms with Gasteiger partial charge in [0, 0.05) is 37.7 Å². The first-order valence-corrected chi connectivity index (χ1v) is 13.1. The molecule has 0 spiro atoms. The average Bonchev–Trinajstić information content (AvgIpc) is 3.24. The summed E-state index contributed by atoms with van der Waals surface area (Å²) in [4.78, 5) is 17.4. The molecule has 33 heavy (non-hydrogen) atoms. The average molecular weight is 494 g/mol. The summed E-state index contributed by atoms with van der Waals surface area (Å²) in [5, 5.41) is 0.417. The van der Waals surface area contributed by atoms with Crippen LogP contribution in [0, 0.1) is 0 Å². The van der Waals surface area contributed by atoms with Gasteiger partial charge in [-0.2, -0.15) is 0 Å². The molecular formula is C23H28ClN3O5S. The van der Waals surface area contributed by atoms with Gasteiger partial charge >= 0.3 is 0 Å². The second kappa shape index (κ2) is 9.79. The molecule has 2 aliphatic rings. The van der Waals surface area contributed by atoms with Gasteiger partial charge in [0.15, 0.2) is 11.5 Å². The number of carbonyl (C=O) groups is 1. The predicted octanol–water partition coefficient (Wildman–Crippen LogP) is 2.96. The van der Waals surface area contributed by atoms with Crippen LogP contribution in [-0.4, -0.2) is 69.4 Å². The molecule has 2 aromatic carbocycles. The molecule has 0 aromatic heterocycles. The largest absolute Gasteiger partial charge is 0.454 e. The van der Waals surface area contributed by atoms with E-state index in [4.69, 9.17) is 21.1 Å². The number of piperazine rings is 1. The monoisotopic (exact) mass is 493 g/mol. The topological polar surface area (TPSA) is 79.4 Å². The molecule has 0 saturated carbocycles. The minimum absolute atomic E-state index is 0.189. The molecule has 1 unspecified atom stereocenters. The molecule has 1 amide bonds. The van der Waals surface area contributed by atoms with Gasteiger partial charge in [-0.3, -0.25) is 14.0 Å². The molecule has 2 aromatic rings. The molecule has 0 bridgehead atoms. The number of anilines is 1. The van der Waals surface area contributed by atoms with Crippen LogP contribution in [0.2, 0.25) is 5.02 Å². The number of hydrogen-bond acceptors (Lipinski definition) is 6. The van der Waals surface area contributed by atoms with Gasteiger partial charge in [-0.1, -0.05) is 30.7 Å². The van der Waals surface area contributed by atoms with Gasteiger partial charge in [0.25, 0.3) is 0 Å². The molecule has 1 saturated heterocycles. The smallest absolute Gasteiger partial charge is 0.246 e. The standard InChI is InChI=1S/C23H28ClN3O5S/c1-3-20(27(33(2,29)30)19-6-4-5-18(24)14-19)23(28)26-11-9-25(10-12-26)15-17-7-8-21-22(13-17)32-16-31-21/h4-8,13-14,20H,3,9-12,15-16H2,1-2H3. The van der Waals surface area contributed by atoms with Gasteiger partial charge in [0.05, 0.1) is 11.9 Å². The minimum atomic E-state index is -3.69. The van der Waals surface area contributed by atoms with E-state index in [1.807, 2.05) is 25.1 Å². The summed E-state index contributed by atoms with van der Waals surface area (Å²) in [5.41, 5.74) is 1.52. The van der Waals surface area contributed by atoms with E-state index < -0.39 is 16.1 Å². The van der Waals surface area contributed by atoms with Crippen molar-refractivity contribution in [3.05, 3.63) is 53.1 Å². The SMILES string of the molecule is CCC(C(=O)N1CCN(Cc2ccc3c(c2)OCO3)CC1)N(c1cccc(Cl)c1)S(C)(=O)=O. The first-order chi connectivity index (χ1) is 15.8. The number of benzene rings is 2. The molecule has 0 aliphatic carbocycles. The first kappa shape index (κ1) is 23.7. The summed E-state index contributed by atoms with van der Waals surface area (Å²) in [5.74, 6) is 1.33. The zero-order valence-corrected chi connectivity index (χ0v) is 20.3. The molecule has 0 radical (unpaired) electrons. The highest BCUT2D eigenvalue weighted by molar-refractivity contribution is 7.92. The molecule has 4 rings (SSSR count). The van der Waals surface area contributed by atoms with Crippen LogP contribution in [-0.2, 0) is 21.4 Å². The van der Waals surface area contributed by atoms with Gasteiger partial charge in [-0.05, 0) is 42.3 Å². The highest BCUT2D eigenvalue weighted by atomic mass is 35.5. The lowest BCUT2D eigenvalue weighted by Crippen LogP contribution is -2.55. The van der Waals surface area contributed by atoms with Crippen molar-refractivity contribution < 1.29 is 22.7 Å². The van der Waals surface area contributed by atoms with E-state index in [2.05, 4.69) is 4.90 Å². The van der Waals surface area contributed by atoms with Crippen molar-refractivity contribution in [1.82, 2.24) is 9.80 Å². The van der Waals surface area contributed by atoms with Gasteiger partial charge in [-0.15, -0.1) is 0 Å². The number of rotatable bonds is 7. The van der Waals surface area contributed by atoms with E-state index in [1.54, 1.807) is 29.2 Å². The number of hydrogen-bond donors (Lipinski definition) is 0. The normalized spacial score (nSPS) is 17.1. The molecule has 178 valence electrons. The Hall–Kier alpha value is -2.49. The summed E-state index contributed by atoms with van der Waals surface area (Å²) < 4.78 is 37.3. The lowest BCUT2D eigenvalue weighted by Gasteiger charge is -2.39. The van der Waals surface area contributed by atoms with Crippen LogP contribution in [0.25, 0.3) is 0 Å². The molecule has 8 nitrogen and oxygen atoms in total. The van der Waals surface area contributed by atoms with E-state index in [0.29, 0.717) is 43.3 Å². The van der Waals surface area contributed by atoms with Crippen molar-refractivity contribution in [3.8, 4) is 11.5 Å². The Bertz CT molecular complexity index is 1120. The molecule has 1 atom stereocenters. The fourth-order valence-electron chi connectivity index (χ4n) is 4.29. The highest BCUT2D eigenvalue weighted by Gasteiger charge is 2.35. The predicted molar refractivity (Wildman–Crippen MR) is 127 cm³/mol. The Morgan fingerprint density at radius 1 is 1.09 bits per heavy atom. The highest BCUT2D eigenvalue weighted by Crippen LogP contribution is 2.33. The van der Waals surface area contributed by atoms with E-state index in [0.717, 1.165) is 29.9 Å². The number of halogens is 1. The fourth-order valence-corrected chi connectivity index (χ4v) is 5.67. The Morgan fingerprint density at radius 3 is 2.48 bits per heavy atom. The zero-order chi connectivity index (χ0) is 23.6. The second-order valence-corrected chi connectivity index (χ2v) is 10.5. The van der Waals surface area contributed by atoms with Crippen molar-refractivity contribution in [2.24, 2.45) is 0 Å². The minimum Gasteiger partial charge on any atom is -0.454 e. The van der Waals surface area contributed by atoms with Gasteiger partial charge in [-0.25, -0.2) is 8.42 Å². The lowest BCUT2D eigenvalue weighted by molar-refractivity contribution is -0.134. The van der Waals surface area contributed by atoms with E-state index in [9.17, 15) is 13.2 Å². The van der Waals surface area contributed by atoms with Crippen LogP contribution < -0.4 is 13.8 Å². The third-order valence-electron chi connectivity index (χ3n) is 5.90. The number of amides is 1. The molecule has 2 aliphatic heterocycles. The molecule has 2 heterocycles. The number of carbonyl (C=O) groups excluding carboxylic acids is 1. The number of ether oxygens (including phenoxy) is 2. The van der Waals surface area contributed by atoms with Gasteiger partial charge < -0.3 is 14.4 Å². The van der Waals surface area contributed by atoms with Gasteiger partial charge in [0.2, 0.25) is 22.7 Å². The number of sulfonamides is 1. The molecule has 10 heteroatoms. The summed E-state index contributed by atoms with van der Waals surface area (Å²) in [6.07, 6.45) is 1.48. The number of nitrogens with zero attached hydrogens (tertiary/aromatic N) is 3. The van der Waals surface area contributed by atoms with Crippen molar-refractivity contribution in [3.63, 3.8) is 0 Å². The summed E-state index contributed by atoms with van der Waals surface area (Å²) in [7, 11) is -3.69. The van der Waals surface area contributed by atoms with Crippen LogP contribution in [0.3, 0.4) is 0 Å². The Morgan fingerprint density at radius 2 is 1.82 bits per heavy atom. The fraction of sp³-hybridized carbons (Fsp3) is 0.435. The third kappa shape index (κ3) is 5.37. The lowest BCUT2D eigenvalue weighted by atomic mass is 10.1. The van der Waals surface area contributed by atoms with Crippen LogP contribution in [0.4, 0.5) is 5.69 Å². The Balaban J connectivity index is 1.43. The van der Waals surface area contributed by atoms with E-state index >= 15 is 0 Å². The van der Waals surface area contributed by atoms with Crippen LogP contribution in [0.5, 0.6) is 11.5 Å².